The number of nitrogen functional groups attached to an aromatic ring is 2. The molecule has 0 saturated carbocycles. The number of hydrazine groups is 1. The number of nitrogens with one attached hydrogen (secondary N) is 2. The second-order valence-electron chi connectivity index (χ2n) is 3.80. The van der Waals surface area contributed by atoms with Crippen molar-refractivity contribution < 1.29 is 9.53 Å². The van der Waals surface area contributed by atoms with E-state index in [0.29, 0.717) is 5.75 Å². The molecule has 0 fully saturated rings. The van der Waals surface area contributed by atoms with E-state index in [0.717, 1.165) is 0 Å². The Kier molecular flexibility index (Phi) is 4.17. The van der Waals surface area contributed by atoms with Crippen molar-refractivity contribution in [2.24, 2.45) is 0 Å². The van der Waals surface area contributed by atoms with Crippen LogP contribution in [0.3, 0.4) is 0 Å². The summed E-state index contributed by atoms with van der Waals surface area (Å²) >= 11 is 0. The van der Waals surface area contributed by atoms with Crippen LogP contribution in [0.2, 0.25) is 0 Å². The summed E-state index contributed by atoms with van der Waals surface area (Å²) in [6.45, 7) is -0.141. The van der Waals surface area contributed by atoms with Gasteiger partial charge >= 0.3 is 0 Å². The Labute approximate surface area is 115 Å². The third kappa shape index (κ3) is 3.48. The van der Waals surface area contributed by atoms with Gasteiger partial charge in [-0.05, 0) is 12.1 Å². The molecule has 0 aliphatic rings. The molecular formula is C12H14N6O2. The maximum Gasteiger partial charge on any atom is 0.276 e. The molecule has 8 nitrogen and oxygen atoms in total. The maximum absolute atomic E-state index is 11.6. The smallest absolute Gasteiger partial charge is 0.276 e. The molecule has 2 rings (SSSR count). The van der Waals surface area contributed by atoms with Crippen LogP contribution in [0.1, 0.15) is 0 Å². The lowest BCUT2D eigenvalue weighted by molar-refractivity contribution is -0.122. The summed E-state index contributed by atoms with van der Waals surface area (Å²) in [5, 5.41) is 0. The van der Waals surface area contributed by atoms with Crippen molar-refractivity contribution >= 4 is 23.2 Å². The van der Waals surface area contributed by atoms with Crippen molar-refractivity contribution in [3.05, 3.63) is 36.7 Å². The Morgan fingerprint density at radius 1 is 1.20 bits per heavy atom. The second kappa shape index (κ2) is 6.23. The Hall–Kier alpha value is -3.03. The molecule has 0 unspecified atom stereocenters. The van der Waals surface area contributed by atoms with Crippen LogP contribution < -0.4 is 27.1 Å². The number of amides is 1. The lowest BCUT2D eigenvalue weighted by Gasteiger charge is -2.10. The van der Waals surface area contributed by atoms with Gasteiger partial charge in [0, 0.05) is 0 Å². The lowest BCUT2D eigenvalue weighted by atomic mass is 10.3. The molecule has 8 heteroatoms. The van der Waals surface area contributed by atoms with E-state index < -0.39 is 0 Å². The van der Waals surface area contributed by atoms with Crippen molar-refractivity contribution in [1.29, 1.82) is 0 Å². The standard InChI is InChI=1S/C12H14N6O2/c13-10-11(14)15-7-16-12(10)18-17-9(19)6-20-8-4-2-1-3-5-8/h1-5,7H,6,13H2,(H,17,19)(H3,14,15,16,18). The Morgan fingerprint density at radius 3 is 2.70 bits per heavy atom. The molecule has 1 heterocycles. The summed E-state index contributed by atoms with van der Waals surface area (Å²) in [4.78, 5) is 19.1. The number of ether oxygens (including phenoxy) is 1. The third-order valence-corrected chi connectivity index (χ3v) is 2.35. The highest BCUT2D eigenvalue weighted by Crippen LogP contribution is 2.17. The first-order valence-corrected chi connectivity index (χ1v) is 5.75. The van der Waals surface area contributed by atoms with Gasteiger partial charge < -0.3 is 16.2 Å². The van der Waals surface area contributed by atoms with Gasteiger partial charge in [-0.1, -0.05) is 18.2 Å². The third-order valence-electron chi connectivity index (χ3n) is 2.35. The summed E-state index contributed by atoms with van der Waals surface area (Å²) in [5.41, 5.74) is 16.3. The van der Waals surface area contributed by atoms with Gasteiger partial charge in [-0.15, -0.1) is 0 Å². The van der Waals surface area contributed by atoms with Gasteiger partial charge in [-0.2, -0.15) is 0 Å². The van der Waals surface area contributed by atoms with E-state index in [1.807, 2.05) is 18.2 Å². The number of nitrogens with two attached hydrogens (primary N) is 2. The summed E-state index contributed by atoms with van der Waals surface area (Å²) < 4.78 is 5.27. The van der Waals surface area contributed by atoms with E-state index in [4.69, 9.17) is 16.2 Å². The zero-order valence-corrected chi connectivity index (χ0v) is 10.5. The molecule has 1 amide bonds. The molecule has 1 aromatic heterocycles. The molecule has 0 saturated heterocycles. The monoisotopic (exact) mass is 274 g/mol. The normalized spacial score (nSPS) is 9.80. The molecule has 0 radical (unpaired) electrons. The van der Waals surface area contributed by atoms with Crippen LogP contribution in [-0.2, 0) is 4.79 Å². The lowest BCUT2D eigenvalue weighted by Crippen LogP contribution is -2.34. The average Bonchev–Trinajstić information content (AvgIpc) is 2.48. The first-order valence-electron chi connectivity index (χ1n) is 5.75. The fourth-order valence-corrected chi connectivity index (χ4v) is 1.34. The van der Waals surface area contributed by atoms with Crippen molar-refractivity contribution in [3.8, 4) is 5.75 Å². The second-order valence-corrected chi connectivity index (χ2v) is 3.80. The van der Waals surface area contributed by atoms with Gasteiger partial charge in [-0.25, -0.2) is 9.97 Å². The SMILES string of the molecule is Nc1ncnc(NNC(=O)COc2ccccc2)c1N. The molecule has 6 N–H and O–H groups in total. The van der Waals surface area contributed by atoms with Gasteiger partial charge in [0.05, 0.1) is 0 Å². The number of nitrogens with zero attached hydrogens (tertiary/aromatic N) is 2. The number of aromatic nitrogens is 2. The quantitative estimate of drug-likeness (QED) is 0.572. The fraction of sp³-hybridized carbons (Fsp3) is 0.0833. The molecule has 20 heavy (non-hydrogen) atoms. The first kappa shape index (κ1) is 13.4. The highest BCUT2D eigenvalue weighted by Gasteiger charge is 2.07. The predicted molar refractivity (Wildman–Crippen MR) is 74.6 cm³/mol. The maximum atomic E-state index is 11.6. The van der Waals surface area contributed by atoms with Crippen molar-refractivity contribution in [2.75, 3.05) is 23.5 Å². The Bertz CT molecular complexity index is 590. The average molecular weight is 274 g/mol. The highest BCUT2D eigenvalue weighted by atomic mass is 16.5. The van der Waals surface area contributed by atoms with Crippen LogP contribution in [0, 0.1) is 0 Å². The largest absolute Gasteiger partial charge is 0.484 e. The number of rotatable bonds is 5. The van der Waals surface area contributed by atoms with Gasteiger partial charge in [0.15, 0.2) is 18.2 Å². The fourth-order valence-electron chi connectivity index (χ4n) is 1.34. The minimum absolute atomic E-state index is 0.136. The number of benzene rings is 1. The van der Waals surface area contributed by atoms with Gasteiger partial charge in [-0.3, -0.25) is 15.6 Å². The molecule has 0 aliphatic carbocycles. The van der Waals surface area contributed by atoms with Crippen molar-refractivity contribution in [2.45, 2.75) is 0 Å². The van der Waals surface area contributed by atoms with Crippen molar-refractivity contribution in [1.82, 2.24) is 15.4 Å². The van der Waals surface area contributed by atoms with Crippen LogP contribution in [-0.4, -0.2) is 22.5 Å². The molecule has 0 spiro atoms. The summed E-state index contributed by atoms with van der Waals surface area (Å²) in [7, 11) is 0. The number of hydrogen-bond donors (Lipinski definition) is 4. The van der Waals surface area contributed by atoms with Crippen LogP contribution in [0.5, 0.6) is 5.75 Å². The van der Waals surface area contributed by atoms with Crippen LogP contribution >= 0.6 is 0 Å². The first-order chi connectivity index (χ1) is 9.66. The van der Waals surface area contributed by atoms with E-state index in [2.05, 4.69) is 20.8 Å². The van der Waals surface area contributed by atoms with Crippen molar-refractivity contribution in [3.63, 3.8) is 0 Å². The summed E-state index contributed by atoms with van der Waals surface area (Å²) in [6, 6.07) is 9.00. The van der Waals surface area contributed by atoms with E-state index in [-0.39, 0.29) is 29.8 Å². The van der Waals surface area contributed by atoms with Gasteiger partial charge in [0.25, 0.3) is 5.91 Å². The minimum atomic E-state index is -0.384. The molecular weight excluding hydrogens is 260 g/mol. The zero-order chi connectivity index (χ0) is 14.4. The Morgan fingerprint density at radius 2 is 1.95 bits per heavy atom. The van der Waals surface area contributed by atoms with Gasteiger partial charge in [0.1, 0.15) is 17.8 Å². The van der Waals surface area contributed by atoms with Crippen LogP contribution in [0.25, 0.3) is 0 Å². The Balaban J connectivity index is 1.82. The molecule has 0 atom stereocenters. The van der Waals surface area contributed by atoms with Gasteiger partial charge in [0.2, 0.25) is 0 Å². The number of para-hydroxylation sites is 1. The summed E-state index contributed by atoms with van der Waals surface area (Å²) in [5.74, 6) is 0.585. The van der Waals surface area contributed by atoms with E-state index >= 15 is 0 Å². The molecule has 104 valence electrons. The predicted octanol–water partition coefficient (Wildman–Crippen LogP) is 0.163. The van der Waals surface area contributed by atoms with Crippen LogP contribution in [0.15, 0.2) is 36.7 Å². The topological polar surface area (TPSA) is 128 Å². The molecule has 0 bridgehead atoms. The molecule has 1 aromatic carbocycles. The molecule has 2 aromatic rings. The number of hydrogen-bond acceptors (Lipinski definition) is 7. The number of carbonyl (C=O) groups is 1. The minimum Gasteiger partial charge on any atom is -0.484 e. The number of anilines is 3. The summed E-state index contributed by atoms with van der Waals surface area (Å²) in [6.07, 6.45) is 1.24. The van der Waals surface area contributed by atoms with E-state index in [1.165, 1.54) is 6.33 Å². The van der Waals surface area contributed by atoms with E-state index in [1.54, 1.807) is 12.1 Å². The molecule has 0 aliphatic heterocycles. The van der Waals surface area contributed by atoms with E-state index in [9.17, 15) is 4.79 Å². The van der Waals surface area contributed by atoms with Crippen LogP contribution in [0.4, 0.5) is 17.3 Å². The zero-order valence-electron chi connectivity index (χ0n) is 10.5. The highest BCUT2D eigenvalue weighted by molar-refractivity contribution is 5.80. The number of carbonyl (C=O) groups excluding carboxylic acids is 1.